The number of nitro groups is 1. The molecule has 1 aliphatic carbocycles. The molecule has 1 aromatic rings. The molecule has 0 aromatic heterocycles. The largest absolute Gasteiger partial charge is 0.351 e. The Balaban J connectivity index is 1.35. The minimum Gasteiger partial charge on any atom is -0.351 e. The van der Waals surface area contributed by atoms with Gasteiger partial charge in [-0.3, -0.25) is 24.6 Å². The van der Waals surface area contributed by atoms with Crippen LogP contribution in [0.5, 0.6) is 0 Å². The molecule has 0 radical (unpaired) electrons. The molecule has 8 heteroatoms. The van der Waals surface area contributed by atoms with Gasteiger partial charge < -0.3 is 10.2 Å². The minimum atomic E-state index is -0.460. The molecule has 2 aliphatic rings. The maximum Gasteiger partial charge on any atom is 0.270 e. The number of benzene rings is 1. The van der Waals surface area contributed by atoms with Gasteiger partial charge in [0.2, 0.25) is 11.8 Å². The molecule has 0 atom stereocenters. The molecule has 2 amide bonds. The quantitative estimate of drug-likeness (QED) is 0.429. The van der Waals surface area contributed by atoms with Gasteiger partial charge in [-0.05, 0) is 24.5 Å². The van der Waals surface area contributed by atoms with Crippen molar-refractivity contribution in [2.45, 2.75) is 25.7 Å². The number of nitro benzene ring substituents is 1. The van der Waals surface area contributed by atoms with E-state index in [1.165, 1.54) is 31.1 Å². The Bertz CT molecular complexity index is 766. The lowest BCUT2D eigenvalue weighted by atomic mass is 10.1. The van der Waals surface area contributed by atoms with Gasteiger partial charge in [0.25, 0.3) is 5.69 Å². The van der Waals surface area contributed by atoms with E-state index in [9.17, 15) is 19.7 Å². The molecule has 1 saturated heterocycles. The smallest absolute Gasteiger partial charge is 0.270 e. The van der Waals surface area contributed by atoms with Gasteiger partial charge in [0, 0.05) is 63.4 Å². The third-order valence-corrected chi connectivity index (χ3v) is 5.62. The van der Waals surface area contributed by atoms with E-state index in [-0.39, 0.29) is 17.5 Å². The highest BCUT2D eigenvalue weighted by Crippen LogP contribution is 2.26. The lowest BCUT2D eigenvalue weighted by molar-refractivity contribution is -0.384. The maximum atomic E-state index is 12.5. The fourth-order valence-electron chi connectivity index (χ4n) is 3.93. The number of nitrogens with zero attached hydrogens (tertiary/aromatic N) is 3. The molecule has 1 N–H and O–H groups in total. The van der Waals surface area contributed by atoms with Gasteiger partial charge in [0.05, 0.1) is 4.92 Å². The van der Waals surface area contributed by atoms with Crippen molar-refractivity contribution in [2.24, 2.45) is 5.92 Å². The summed E-state index contributed by atoms with van der Waals surface area (Å²) in [5.41, 5.74) is 0.607. The Hall–Kier alpha value is -2.74. The first kappa shape index (κ1) is 21.0. The lowest BCUT2D eigenvalue weighted by Gasteiger charge is -2.36. The Morgan fingerprint density at radius 2 is 1.90 bits per heavy atom. The number of amides is 2. The average molecular weight is 400 g/mol. The summed E-state index contributed by atoms with van der Waals surface area (Å²) in [6, 6.07) is 6.14. The standard InChI is InChI=1S/C21H28N4O4/c26-20(9-8-17-4-3-7-19(16-17)25(28)29)22-10-11-23-12-14-24(15-13-23)21(27)18-5-1-2-6-18/h3-4,7-9,16,18H,1-2,5-6,10-15H2,(H,22,26)/b9-8+. The van der Waals surface area contributed by atoms with Crippen molar-refractivity contribution in [2.75, 3.05) is 39.3 Å². The highest BCUT2D eigenvalue weighted by Gasteiger charge is 2.29. The summed E-state index contributed by atoms with van der Waals surface area (Å²) in [4.78, 5) is 39.0. The van der Waals surface area contributed by atoms with Crippen LogP contribution in [0.15, 0.2) is 30.3 Å². The number of hydrogen-bond acceptors (Lipinski definition) is 5. The number of non-ortho nitro benzene ring substituents is 1. The van der Waals surface area contributed by atoms with E-state index >= 15 is 0 Å². The van der Waals surface area contributed by atoms with Crippen LogP contribution in [0.2, 0.25) is 0 Å². The lowest BCUT2D eigenvalue weighted by Crippen LogP contribution is -2.51. The van der Waals surface area contributed by atoms with E-state index in [1.807, 2.05) is 4.90 Å². The molecule has 0 unspecified atom stereocenters. The van der Waals surface area contributed by atoms with Gasteiger partial charge in [-0.15, -0.1) is 0 Å². The first-order chi connectivity index (χ1) is 14.0. The summed E-state index contributed by atoms with van der Waals surface area (Å²) in [6.45, 7) is 4.44. The van der Waals surface area contributed by atoms with E-state index in [0.29, 0.717) is 18.0 Å². The number of rotatable bonds is 7. The first-order valence-electron chi connectivity index (χ1n) is 10.2. The summed E-state index contributed by atoms with van der Waals surface area (Å²) < 4.78 is 0. The third-order valence-electron chi connectivity index (χ3n) is 5.62. The van der Waals surface area contributed by atoms with Crippen LogP contribution in [-0.2, 0) is 9.59 Å². The topological polar surface area (TPSA) is 95.8 Å². The van der Waals surface area contributed by atoms with Crippen LogP contribution in [0, 0.1) is 16.0 Å². The number of carbonyl (C=O) groups excluding carboxylic acids is 2. The van der Waals surface area contributed by atoms with Crippen molar-refractivity contribution < 1.29 is 14.5 Å². The molecule has 8 nitrogen and oxygen atoms in total. The van der Waals surface area contributed by atoms with E-state index in [4.69, 9.17) is 0 Å². The zero-order valence-corrected chi connectivity index (χ0v) is 16.6. The molecule has 1 aromatic carbocycles. The molecule has 2 fully saturated rings. The summed E-state index contributed by atoms with van der Waals surface area (Å²) >= 11 is 0. The van der Waals surface area contributed by atoms with Crippen LogP contribution >= 0.6 is 0 Å². The van der Waals surface area contributed by atoms with Crippen LogP contribution in [-0.4, -0.2) is 65.8 Å². The van der Waals surface area contributed by atoms with E-state index in [2.05, 4.69) is 10.2 Å². The fourth-order valence-corrected chi connectivity index (χ4v) is 3.93. The van der Waals surface area contributed by atoms with Crippen molar-refractivity contribution in [1.29, 1.82) is 0 Å². The molecular formula is C21H28N4O4. The van der Waals surface area contributed by atoms with Crippen LogP contribution < -0.4 is 5.32 Å². The molecular weight excluding hydrogens is 372 g/mol. The molecule has 0 bridgehead atoms. The van der Waals surface area contributed by atoms with Crippen molar-refractivity contribution in [3.05, 3.63) is 46.0 Å². The van der Waals surface area contributed by atoms with Crippen LogP contribution in [0.25, 0.3) is 6.08 Å². The normalized spacial score (nSPS) is 18.3. The van der Waals surface area contributed by atoms with E-state index < -0.39 is 4.92 Å². The summed E-state index contributed by atoms with van der Waals surface area (Å²) in [5.74, 6) is 0.326. The average Bonchev–Trinajstić information content (AvgIpc) is 3.27. The van der Waals surface area contributed by atoms with Crippen molar-refractivity contribution in [3.63, 3.8) is 0 Å². The maximum absolute atomic E-state index is 12.5. The molecule has 156 valence electrons. The Kier molecular flexibility index (Phi) is 7.35. The predicted molar refractivity (Wildman–Crippen MR) is 110 cm³/mol. The molecule has 0 spiro atoms. The summed E-state index contributed by atoms with van der Waals surface area (Å²) in [6.07, 6.45) is 7.37. The van der Waals surface area contributed by atoms with Crippen LogP contribution in [0.4, 0.5) is 5.69 Å². The van der Waals surface area contributed by atoms with Crippen LogP contribution in [0.3, 0.4) is 0 Å². The number of nitrogens with one attached hydrogen (secondary N) is 1. The summed E-state index contributed by atoms with van der Waals surface area (Å²) in [5, 5.41) is 13.6. The van der Waals surface area contributed by atoms with Gasteiger partial charge in [-0.2, -0.15) is 0 Å². The van der Waals surface area contributed by atoms with Gasteiger partial charge in [0.15, 0.2) is 0 Å². The van der Waals surface area contributed by atoms with Crippen LogP contribution in [0.1, 0.15) is 31.2 Å². The van der Waals surface area contributed by atoms with Gasteiger partial charge in [-0.25, -0.2) is 0 Å². The fraction of sp³-hybridized carbons (Fsp3) is 0.524. The molecule has 29 heavy (non-hydrogen) atoms. The molecule has 1 heterocycles. The zero-order chi connectivity index (χ0) is 20.6. The van der Waals surface area contributed by atoms with Gasteiger partial charge in [-0.1, -0.05) is 25.0 Å². The predicted octanol–water partition coefficient (Wildman–Crippen LogP) is 2.06. The van der Waals surface area contributed by atoms with Crippen molar-refractivity contribution >= 4 is 23.6 Å². The molecule has 3 rings (SSSR count). The highest BCUT2D eigenvalue weighted by atomic mass is 16.6. The monoisotopic (exact) mass is 400 g/mol. The van der Waals surface area contributed by atoms with Gasteiger partial charge in [0.1, 0.15) is 0 Å². The van der Waals surface area contributed by atoms with Gasteiger partial charge >= 0.3 is 0 Å². The van der Waals surface area contributed by atoms with Crippen molar-refractivity contribution in [3.8, 4) is 0 Å². The molecule has 1 saturated carbocycles. The van der Waals surface area contributed by atoms with E-state index in [0.717, 1.165) is 45.6 Å². The van der Waals surface area contributed by atoms with E-state index in [1.54, 1.807) is 18.2 Å². The Labute approximate surface area is 170 Å². The number of piperazine rings is 1. The SMILES string of the molecule is O=C(/C=C/c1cccc([N+](=O)[O-])c1)NCCN1CCN(C(=O)C2CCCC2)CC1. The third kappa shape index (κ3) is 6.12. The second-order valence-electron chi connectivity index (χ2n) is 7.62. The zero-order valence-electron chi connectivity index (χ0n) is 16.6. The minimum absolute atomic E-state index is 0.00175. The first-order valence-corrected chi connectivity index (χ1v) is 10.2. The number of carbonyl (C=O) groups is 2. The van der Waals surface area contributed by atoms with Crippen molar-refractivity contribution in [1.82, 2.24) is 15.1 Å². The molecule has 1 aliphatic heterocycles. The highest BCUT2D eigenvalue weighted by molar-refractivity contribution is 5.91. The Morgan fingerprint density at radius 1 is 1.17 bits per heavy atom. The Morgan fingerprint density at radius 3 is 2.59 bits per heavy atom. The second kappa shape index (κ2) is 10.2. The number of hydrogen-bond donors (Lipinski definition) is 1. The second-order valence-corrected chi connectivity index (χ2v) is 7.62. The summed E-state index contributed by atoms with van der Waals surface area (Å²) in [7, 11) is 0.